The molecule has 14 aromatic rings. The number of rotatable bonds is 0. The molecule has 0 unspecified atom stereocenters. The van der Waals surface area contributed by atoms with Crippen LogP contribution in [0.25, 0.3) is 104 Å². The Morgan fingerprint density at radius 3 is 1.76 bits per heavy atom. The van der Waals surface area contributed by atoms with E-state index in [2.05, 4.69) is 180 Å². The van der Waals surface area contributed by atoms with Gasteiger partial charge < -0.3 is 8.80 Å². The molecule has 0 bridgehead atoms. The number of hydrogen-bond acceptors (Lipinski definition) is 2. The summed E-state index contributed by atoms with van der Waals surface area (Å²) in [5.74, 6) is 0. The third-order valence-corrected chi connectivity index (χ3v) is 12.3. The fourth-order valence-electron chi connectivity index (χ4n) is 9.79. The zero-order valence-corrected chi connectivity index (χ0v) is 37.7. The molecule has 0 aliphatic carbocycles. The van der Waals surface area contributed by atoms with Crippen LogP contribution in [-0.2, 0) is 46.8 Å². The summed E-state index contributed by atoms with van der Waals surface area (Å²) in [5, 5.41) is 11.2. The van der Waals surface area contributed by atoms with Crippen LogP contribution in [0.5, 0.6) is 0 Å². The van der Waals surface area contributed by atoms with Crippen LogP contribution in [0.4, 0.5) is 0 Å². The first-order valence-electron chi connectivity index (χ1n) is 20.3. The summed E-state index contributed by atoms with van der Waals surface area (Å²) < 4.78 is 9.25. The van der Waals surface area contributed by atoms with Gasteiger partial charge in [-0.1, -0.05) is 108 Å². The topological polar surface area (TPSA) is 42.9 Å². The zero-order chi connectivity index (χ0) is 39.3. The van der Waals surface area contributed by atoms with Gasteiger partial charge in [0, 0.05) is 80.0 Å². The average molecular weight is 1150 g/mol. The van der Waals surface area contributed by atoms with E-state index in [1.54, 1.807) is 0 Å². The molecule has 62 heavy (non-hydrogen) atoms. The van der Waals surface area contributed by atoms with E-state index in [9.17, 15) is 0 Å². The molecule has 298 valence electrons. The van der Waals surface area contributed by atoms with E-state index in [1.807, 2.05) is 42.7 Å². The second kappa shape index (κ2) is 15.0. The van der Waals surface area contributed by atoms with Crippen molar-refractivity contribution in [2.24, 2.45) is 0 Å². The molecule has 0 atom stereocenters. The molecular formula is C54H33Ir2N6-. The third kappa shape index (κ3) is 5.51. The minimum absolute atomic E-state index is 0. The predicted octanol–water partition coefficient (Wildman–Crippen LogP) is 12.1. The fourth-order valence-corrected chi connectivity index (χ4v) is 9.79. The Kier molecular flexibility index (Phi) is 9.22. The van der Waals surface area contributed by atoms with Crippen molar-refractivity contribution < 1.29 is 44.8 Å². The maximum Gasteiger partial charge on any atom is 0.296 e. The van der Waals surface area contributed by atoms with E-state index in [0.717, 1.165) is 39.6 Å². The number of pyridine rings is 3. The minimum Gasteiger partial charge on any atom is -0.340 e. The molecule has 1 aliphatic rings. The summed E-state index contributed by atoms with van der Waals surface area (Å²) >= 11 is 0. The van der Waals surface area contributed by atoms with Gasteiger partial charge >= 0.3 is 0 Å². The molecule has 0 N–H and O–H groups in total. The van der Waals surface area contributed by atoms with Gasteiger partial charge in [-0.2, -0.15) is 4.40 Å². The van der Waals surface area contributed by atoms with E-state index in [-0.39, 0.29) is 40.2 Å². The normalized spacial score (nSPS) is 11.9. The Hall–Kier alpha value is -6.79. The van der Waals surface area contributed by atoms with E-state index >= 15 is 0 Å². The maximum atomic E-state index is 4.83. The van der Waals surface area contributed by atoms with Crippen LogP contribution in [0.15, 0.2) is 188 Å². The van der Waals surface area contributed by atoms with Crippen LogP contribution in [0.2, 0.25) is 0 Å². The molecule has 15 rings (SSSR count). The van der Waals surface area contributed by atoms with E-state index < -0.39 is 0 Å². The van der Waals surface area contributed by atoms with Gasteiger partial charge in [-0.15, -0.1) is 59.3 Å². The van der Waals surface area contributed by atoms with Crippen molar-refractivity contribution in [2.75, 3.05) is 0 Å². The van der Waals surface area contributed by atoms with Crippen molar-refractivity contribution in [1.29, 1.82) is 0 Å². The molecule has 0 spiro atoms. The minimum atomic E-state index is 0. The quantitative estimate of drug-likeness (QED) is 0.0863. The second-order valence-electron chi connectivity index (χ2n) is 15.4. The summed E-state index contributed by atoms with van der Waals surface area (Å²) in [6.07, 6.45) is 3.83. The Morgan fingerprint density at radius 1 is 0.468 bits per heavy atom. The van der Waals surface area contributed by atoms with Crippen molar-refractivity contribution in [3.63, 3.8) is 0 Å². The largest absolute Gasteiger partial charge is 0.340 e. The van der Waals surface area contributed by atoms with Crippen LogP contribution in [0.1, 0.15) is 5.56 Å². The van der Waals surface area contributed by atoms with Crippen LogP contribution in [0, 0.1) is 12.1 Å². The maximum absolute atomic E-state index is 4.83. The molecule has 0 amide bonds. The van der Waals surface area contributed by atoms with Gasteiger partial charge in [0.25, 0.3) is 5.65 Å². The van der Waals surface area contributed by atoms with E-state index in [0.29, 0.717) is 0 Å². The van der Waals surface area contributed by atoms with Crippen LogP contribution in [-0.4, -0.2) is 23.2 Å². The smallest absolute Gasteiger partial charge is 0.296 e. The molecule has 2 radical (unpaired) electrons. The number of fused-ring (bicyclic) bond motifs is 20. The van der Waals surface area contributed by atoms with Crippen molar-refractivity contribution in [2.45, 2.75) is 6.54 Å². The van der Waals surface area contributed by atoms with Gasteiger partial charge in [0.15, 0.2) is 11.0 Å². The number of imidazole rings is 3. The summed E-state index contributed by atoms with van der Waals surface area (Å²) in [7, 11) is 0. The Bertz CT molecular complexity index is 4000. The van der Waals surface area contributed by atoms with Gasteiger partial charge in [0.05, 0.1) is 27.7 Å². The summed E-state index contributed by atoms with van der Waals surface area (Å²) in [6.45, 7) is 0.972. The molecule has 0 saturated carbocycles. The van der Waals surface area contributed by atoms with Gasteiger partial charge in [0.2, 0.25) is 0 Å². The Labute approximate surface area is 382 Å². The molecular weight excluding hydrogens is 1120 g/mol. The number of benzene rings is 8. The number of para-hydroxylation sites is 7. The van der Waals surface area contributed by atoms with Gasteiger partial charge in [0.1, 0.15) is 12.1 Å². The zero-order valence-electron chi connectivity index (χ0n) is 33.0. The second-order valence-corrected chi connectivity index (χ2v) is 15.4. The first-order chi connectivity index (χ1) is 29.8. The Morgan fingerprint density at radius 2 is 1.02 bits per heavy atom. The molecule has 0 saturated heterocycles. The van der Waals surface area contributed by atoms with Crippen LogP contribution in [0.3, 0.4) is 0 Å². The standard InChI is InChI=1S/C20H13N2.C19H11N2.C15H9N2.2Ir/c1-2-9-16-14(7-1)15-8-5-6-13-12-21-17-10-3-4-11-18(17)22(16)20(21)19(13)15;1-2-9-15-13(7-1)14-8-3-5-11-17(14)21-18-12-6-4-10-16(18)20-19(15)21;1-2-7-13-11(5-1)12-6-3-4-8-14(12)17-10-9-16-15(13)17;;/h1-11H,12H2;1-8,10-12H;1-6,8-10H;;/q+1;2*-1;;. The van der Waals surface area contributed by atoms with Crippen LogP contribution < -0.4 is 4.57 Å². The molecule has 1 aliphatic heterocycles. The first-order valence-corrected chi connectivity index (χ1v) is 20.3. The molecule has 7 heterocycles. The number of nitrogens with zero attached hydrogens (tertiary/aromatic N) is 6. The van der Waals surface area contributed by atoms with Gasteiger partial charge in [-0.25, -0.2) is 4.57 Å². The van der Waals surface area contributed by atoms with Crippen molar-refractivity contribution in [3.8, 4) is 0 Å². The van der Waals surface area contributed by atoms with Crippen molar-refractivity contribution in [3.05, 3.63) is 206 Å². The molecule has 6 aromatic heterocycles. The predicted molar refractivity (Wildman–Crippen MR) is 245 cm³/mol. The monoisotopic (exact) mass is 1150 g/mol. The molecule has 0 fully saturated rings. The van der Waals surface area contributed by atoms with Gasteiger partial charge in [-0.05, 0) is 53.2 Å². The van der Waals surface area contributed by atoms with Crippen molar-refractivity contribution >= 4 is 104 Å². The van der Waals surface area contributed by atoms with E-state index in [4.69, 9.17) is 4.98 Å². The third-order valence-electron chi connectivity index (χ3n) is 12.3. The summed E-state index contributed by atoms with van der Waals surface area (Å²) in [4.78, 5) is 9.25. The fraction of sp³-hybridized carbons (Fsp3) is 0.0185. The SMILES string of the molecule is [Ir].[Ir].[c-]1cccc2c1c1nc3ccccc3n1c1ccccc21.[c-]1cccc2c1c1nccn1c1ccccc21.c1cc2c3c(c1)c1ccccc1n1c4ccccc4[n+](c31)C2. The van der Waals surface area contributed by atoms with Crippen LogP contribution >= 0.6 is 0 Å². The molecule has 8 heteroatoms. The summed E-state index contributed by atoms with van der Waals surface area (Å²) in [6, 6.07) is 68.2. The first kappa shape index (κ1) is 38.2. The number of aromatic nitrogens is 6. The Balaban J connectivity index is 0.000000104. The molecule has 8 aromatic carbocycles. The summed E-state index contributed by atoms with van der Waals surface area (Å²) in [5.41, 5.74) is 13.2. The number of hydrogen-bond donors (Lipinski definition) is 0. The van der Waals surface area contributed by atoms with Crippen molar-refractivity contribution in [1.82, 2.24) is 23.2 Å². The molecule has 6 nitrogen and oxygen atoms in total. The average Bonchev–Trinajstić information content (AvgIpc) is 4.12. The van der Waals surface area contributed by atoms with E-state index in [1.165, 1.54) is 76.5 Å². The van der Waals surface area contributed by atoms with Gasteiger partial charge in [-0.3, -0.25) is 9.97 Å².